The van der Waals surface area contributed by atoms with Crippen molar-refractivity contribution in [3.05, 3.63) is 149 Å². The Labute approximate surface area is 285 Å². The first kappa shape index (κ1) is 28.2. The lowest BCUT2D eigenvalue weighted by Crippen LogP contribution is -1.93. The minimum atomic E-state index is -0.314. The van der Waals surface area contributed by atoms with Crippen LogP contribution in [-0.4, -0.2) is 24.9 Å². The lowest BCUT2D eigenvalue weighted by molar-refractivity contribution is -0.385. The van der Waals surface area contributed by atoms with E-state index in [0.717, 1.165) is 94.2 Å². The van der Waals surface area contributed by atoms with Crippen molar-refractivity contribution in [2.75, 3.05) is 0 Å². The van der Waals surface area contributed by atoms with Crippen LogP contribution in [0.3, 0.4) is 0 Å². The first-order chi connectivity index (χ1) is 24.5. The largest absolute Gasteiger partial charge is 0.354 e. The highest BCUT2D eigenvalue weighted by atomic mass is 16.6. The molecule has 0 radical (unpaired) electrons. The van der Waals surface area contributed by atoms with E-state index < -0.39 is 0 Å². The van der Waals surface area contributed by atoms with Crippen LogP contribution >= 0.6 is 0 Å². The van der Waals surface area contributed by atoms with Crippen LogP contribution in [0, 0.1) is 17.0 Å². The van der Waals surface area contributed by atoms with Crippen LogP contribution in [0.5, 0.6) is 0 Å². The number of aryl methyl sites for hydroxylation is 1. The molecule has 0 fully saturated rings. The maximum Gasteiger partial charge on any atom is 0.272 e. The third-order valence-corrected chi connectivity index (χ3v) is 9.96. The predicted molar refractivity (Wildman–Crippen MR) is 202 cm³/mol. The average molecular weight is 646 g/mol. The maximum atomic E-state index is 12.3. The number of nitrogens with one attached hydrogen (secondary N) is 2. The molecule has 0 saturated carbocycles. The number of rotatable bonds is 2. The zero-order valence-corrected chi connectivity index (χ0v) is 26.9. The summed E-state index contributed by atoms with van der Waals surface area (Å²) in [6.07, 6.45) is 0. The molecule has 2 aliphatic rings. The quantitative estimate of drug-likeness (QED) is 0.144. The van der Waals surface area contributed by atoms with Crippen LogP contribution < -0.4 is 0 Å². The molecule has 2 aliphatic heterocycles. The van der Waals surface area contributed by atoms with Gasteiger partial charge in [0.1, 0.15) is 0 Å². The third-order valence-electron chi connectivity index (χ3n) is 9.96. The zero-order valence-electron chi connectivity index (χ0n) is 26.9. The summed E-state index contributed by atoms with van der Waals surface area (Å²) in [7, 11) is 0. The van der Waals surface area contributed by atoms with E-state index in [1.807, 2.05) is 48.5 Å². The fourth-order valence-corrected chi connectivity index (χ4v) is 7.60. The molecule has 50 heavy (non-hydrogen) atoms. The molecular formula is C43H27N5O2. The molecule has 5 heterocycles. The molecule has 0 saturated heterocycles. The molecule has 3 aromatic heterocycles. The van der Waals surface area contributed by atoms with Gasteiger partial charge in [-0.25, -0.2) is 9.97 Å². The number of nitro groups is 1. The second-order valence-corrected chi connectivity index (χ2v) is 12.8. The molecule has 10 rings (SSSR count). The molecule has 236 valence electrons. The van der Waals surface area contributed by atoms with Crippen molar-refractivity contribution in [1.82, 2.24) is 19.9 Å². The van der Waals surface area contributed by atoms with Crippen molar-refractivity contribution >= 4 is 49.3 Å². The van der Waals surface area contributed by atoms with E-state index in [4.69, 9.17) is 9.97 Å². The van der Waals surface area contributed by atoms with Crippen LogP contribution in [0.2, 0.25) is 0 Å². The molecule has 0 amide bonds. The summed E-state index contributed by atoms with van der Waals surface area (Å²) >= 11 is 0. The number of aromatic amines is 2. The summed E-state index contributed by atoms with van der Waals surface area (Å²) in [6, 6.07) is 45.0. The lowest BCUT2D eigenvalue weighted by atomic mass is 9.95. The van der Waals surface area contributed by atoms with Gasteiger partial charge in [0.15, 0.2) is 0 Å². The maximum absolute atomic E-state index is 12.3. The fraction of sp³-hybridized carbons (Fsp3) is 0.0233. The number of hydrogen-bond donors (Lipinski definition) is 2. The number of nitrogens with zero attached hydrogens (tertiary/aromatic N) is 3. The molecule has 2 N–H and O–H groups in total. The van der Waals surface area contributed by atoms with Gasteiger partial charge in [-0.05, 0) is 30.7 Å². The average Bonchev–Trinajstić information content (AvgIpc) is 3.88. The summed E-state index contributed by atoms with van der Waals surface area (Å²) < 4.78 is 0. The zero-order chi connectivity index (χ0) is 33.5. The second kappa shape index (κ2) is 10.6. The van der Waals surface area contributed by atoms with E-state index in [9.17, 15) is 10.1 Å². The number of nitro benzene ring substituents is 1. The molecule has 7 nitrogen and oxygen atoms in total. The van der Waals surface area contributed by atoms with Gasteiger partial charge in [0, 0.05) is 77.5 Å². The summed E-state index contributed by atoms with van der Waals surface area (Å²) in [6.45, 7) is 1.77. The van der Waals surface area contributed by atoms with E-state index in [1.165, 1.54) is 0 Å². The van der Waals surface area contributed by atoms with Crippen LogP contribution in [0.1, 0.15) is 5.56 Å². The van der Waals surface area contributed by atoms with Gasteiger partial charge < -0.3 is 9.97 Å². The van der Waals surface area contributed by atoms with E-state index in [1.54, 1.807) is 13.0 Å². The van der Waals surface area contributed by atoms with Gasteiger partial charge in [-0.1, -0.05) is 109 Å². The Kier molecular flexibility index (Phi) is 5.96. The fourth-order valence-electron chi connectivity index (χ4n) is 7.60. The van der Waals surface area contributed by atoms with Crippen molar-refractivity contribution in [2.24, 2.45) is 0 Å². The number of aromatic nitrogens is 4. The van der Waals surface area contributed by atoms with Crippen molar-refractivity contribution in [1.29, 1.82) is 0 Å². The first-order valence-corrected chi connectivity index (χ1v) is 16.5. The number of H-pyrrole nitrogens is 2. The van der Waals surface area contributed by atoms with E-state index >= 15 is 0 Å². The van der Waals surface area contributed by atoms with Gasteiger partial charge in [0.05, 0.1) is 33.2 Å². The normalized spacial score (nSPS) is 11.9. The Morgan fingerprint density at radius 1 is 0.540 bits per heavy atom. The van der Waals surface area contributed by atoms with E-state index in [2.05, 4.69) is 88.8 Å². The second-order valence-electron chi connectivity index (χ2n) is 12.8. The smallest absolute Gasteiger partial charge is 0.272 e. The van der Waals surface area contributed by atoms with Gasteiger partial charge in [-0.3, -0.25) is 10.1 Å². The van der Waals surface area contributed by atoms with E-state index in [0.29, 0.717) is 11.1 Å². The number of hydrogen-bond acceptors (Lipinski definition) is 4. The topological polar surface area (TPSA) is 100 Å². The molecule has 0 spiro atoms. The summed E-state index contributed by atoms with van der Waals surface area (Å²) in [4.78, 5) is 30.0. The summed E-state index contributed by atoms with van der Waals surface area (Å²) in [5, 5.41) is 16.4. The van der Waals surface area contributed by atoms with Crippen LogP contribution in [0.4, 0.5) is 5.69 Å². The molecular weight excluding hydrogens is 619 g/mol. The van der Waals surface area contributed by atoms with Crippen LogP contribution in [0.25, 0.3) is 99.8 Å². The molecule has 7 heteroatoms. The monoisotopic (exact) mass is 645 g/mol. The molecule has 8 aromatic rings. The number of fused-ring (bicyclic) bond motifs is 20. The van der Waals surface area contributed by atoms with Gasteiger partial charge in [-0.2, -0.15) is 0 Å². The first-order valence-electron chi connectivity index (χ1n) is 16.5. The Balaban J connectivity index is 1.47. The van der Waals surface area contributed by atoms with Crippen molar-refractivity contribution < 1.29 is 4.92 Å². The Morgan fingerprint density at radius 2 is 1.02 bits per heavy atom. The van der Waals surface area contributed by atoms with Gasteiger partial charge in [-0.15, -0.1) is 0 Å². The Morgan fingerprint density at radius 3 is 1.62 bits per heavy atom. The summed E-state index contributed by atoms with van der Waals surface area (Å²) in [5.74, 6) is 0. The van der Waals surface area contributed by atoms with Crippen LogP contribution in [-0.2, 0) is 0 Å². The standard InChI is InChI=1S/C43H27N5O2/c1-24-18-19-25(20-40(24)48(49)50)41-42-32-16-8-6-14-30(32)38(46-42)22-36-28-12-4-2-10-26(28)34(44-36)21-35-27-11-3-5-13-29(27)37(45-35)23-39-31-15-7-9-17-33(31)43(41)47-39/h2-23,44,47H,1H3. The van der Waals surface area contributed by atoms with Crippen molar-refractivity contribution in [3.63, 3.8) is 0 Å². The molecule has 5 aromatic carbocycles. The number of benzene rings is 5. The highest BCUT2D eigenvalue weighted by Crippen LogP contribution is 2.45. The van der Waals surface area contributed by atoms with Gasteiger partial charge >= 0.3 is 0 Å². The molecule has 0 unspecified atom stereocenters. The minimum Gasteiger partial charge on any atom is -0.354 e. The highest BCUT2D eigenvalue weighted by Gasteiger charge is 2.24. The Hall–Kier alpha value is -6.86. The van der Waals surface area contributed by atoms with Gasteiger partial charge in [0.25, 0.3) is 5.69 Å². The highest BCUT2D eigenvalue weighted by molar-refractivity contribution is 6.15. The molecule has 0 atom stereocenters. The van der Waals surface area contributed by atoms with Crippen LogP contribution in [0.15, 0.2) is 133 Å². The van der Waals surface area contributed by atoms with Gasteiger partial charge in [0.2, 0.25) is 0 Å². The Bertz CT molecular complexity index is 2940. The van der Waals surface area contributed by atoms with Crippen molar-refractivity contribution in [3.8, 4) is 56.2 Å². The lowest BCUT2D eigenvalue weighted by Gasteiger charge is -2.08. The minimum absolute atomic E-state index is 0.0639. The third kappa shape index (κ3) is 4.17. The predicted octanol–water partition coefficient (Wildman–Crippen LogP) is 11.2. The molecule has 0 aliphatic carbocycles. The SMILES string of the molecule is Cc1ccc(-c2c3nc(cc4[nH]c(cc5nc(cc6[nH]c2c2ccccc62)-c2ccccc2-5)c2ccccc42)-c2ccccc2-3)cc1[N+](=O)[O-]. The summed E-state index contributed by atoms with van der Waals surface area (Å²) in [5.41, 5.74) is 13.2. The molecule has 8 bridgehead atoms. The van der Waals surface area contributed by atoms with E-state index in [-0.39, 0.29) is 10.6 Å². The van der Waals surface area contributed by atoms with Crippen molar-refractivity contribution in [2.45, 2.75) is 6.92 Å².